The van der Waals surface area contributed by atoms with E-state index in [-0.39, 0.29) is 17.9 Å². The summed E-state index contributed by atoms with van der Waals surface area (Å²) in [6.45, 7) is 0.0519. The minimum Gasteiger partial charge on any atom is -0.473 e. The van der Waals surface area contributed by atoms with Crippen molar-refractivity contribution in [2.24, 2.45) is 10.8 Å². The van der Waals surface area contributed by atoms with Gasteiger partial charge in [0.25, 0.3) is 0 Å². The topological polar surface area (TPSA) is 50.8 Å². The molecule has 0 fully saturated rings. The van der Waals surface area contributed by atoms with Crippen LogP contribution < -0.4 is 10.9 Å². The summed E-state index contributed by atoms with van der Waals surface area (Å²) in [6.07, 6.45) is 4.27. The molecule has 1 aromatic rings. The van der Waals surface area contributed by atoms with Crippen LogP contribution in [-0.2, 0) is 11.3 Å². The zero-order valence-corrected chi connectivity index (χ0v) is 11.3. The van der Waals surface area contributed by atoms with Crippen LogP contribution in [0.2, 0.25) is 0 Å². The molecule has 2 N–H and O–H groups in total. The number of hydrogen-bond acceptors (Lipinski definition) is 4. The number of aliphatic imine (C=N–C) groups is 1. The molecule has 1 aliphatic heterocycles. The predicted octanol–water partition coefficient (Wildman–Crippen LogP) is 2.58. The molecule has 1 aromatic carbocycles. The Morgan fingerprint density at radius 3 is 3.05 bits per heavy atom. The van der Waals surface area contributed by atoms with Crippen LogP contribution in [0.5, 0.6) is 0 Å². The molecular weight excluding hydrogens is 269 g/mol. The first-order valence-corrected chi connectivity index (χ1v) is 6.28. The number of dihydropyridines is 1. The maximum absolute atomic E-state index is 13.8. The average Bonchev–Trinajstić information content (AvgIpc) is 2.37. The summed E-state index contributed by atoms with van der Waals surface area (Å²) in [5.74, 6) is 5.70. The van der Waals surface area contributed by atoms with Crippen LogP contribution in [0.1, 0.15) is 12.0 Å². The second-order valence-electron chi connectivity index (χ2n) is 4.18. The van der Waals surface area contributed by atoms with Crippen molar-refractivity contribution in [3.8, 4) is 0 Å². The summed E-state index contributed by atoms with van der Waals surface area (Å²) in [4.78, 5) is 4.11. The molecule has 0 aromatic heterocycles. The van der Waals surface area contributed by atoms with Crippen molar-refractivity contribution >= 4 is 23.2 Å². The minimum absolute atomic E-state index is 0.0519. The molecule has 1 aliphatic rings. The molecule has 19 heavy (non-hydrogen) atoms. The van der Waals surface area contributed by atoms with Crippen LogP contribution in [0.25, 0.3) is 0 Å². The summed E-state index contributed by atoms with van der Waals surface area (Å²) in [6, 6.07) is 4.70. The SMILES string of the molecule is CN(N)c1cccc(F)c1COC1=NC(Cl)CC=C1. The van der Waals surface area contributed by atoms with Crippen LogP contribution in [0.4, 0.5) is 10.1 Å². The zero-order valence-electron chi connectivity index (χ0n) is 10.5. The highest BCUT2D eigenvalue weighted by Crippen LogP contribution is 2.22. The Morgan fingerprint density at radius 1 is 1.58 bits per heavy atom. The minimum atomic E-state index is -0.363. The summed E-state index contributed by atoms with van der Waals surface area (Å²) in [5.41, 5.74) is 0.639. The van der Waals surface area contributed by atoms with E-state index in [0.717, 1.165) is 0 Å². The number of anilines is 1. The molecule has 0 aliphatic carbocycles. The smallest absolute Gasteiger partial charge is 0.210 e. The zero-order chi connectivity index (χ0) is 13.8. The Kier molecular flexibility index (Phi) is 4.39. The third-order valence-electron chi connectivity index (χ3n) is 2.70. The lowest BCUT2D eigenvalue weighted by atomic mass is 10.1. The first-order valence-electron chi connectivity index (χ1n) is 5.85. The van der Waals surface area contributed by atoms with Crippen molar-refractivity contribution in [1.29, 1.82) is 0 Å². The van der Waals surface area contributed by atoms with E-state index in [9.17, 15) is 4.39 Å². The second kappa shape index (κ2) is 6.04. The normalized spacial score (nSPS) is 18.1. The quantitative estimate of drug-likeness (QED) is 0.401. The van der Waals surface area contributed by atoms with Crippen molar-refractivity contribution in [3.05, 3.63) is 41.7 Å². The number of halogens is 2. The van der Waals surface area contributed by atoms with Crippen LogP contribution in [-0.4, -0.2) is 18.4 Å². The molecule has 6 heteroatoms. The molecule has 0 bridgehead atoms. The van der Waals surface area contributed by atoms with E-state index in [1.165, 1.54) is 11.1 Å². The van der Waals surface area contributed by atoms with Crippen LogP contribution in [0.3, 0.4) is 0 Å². The van der Waals surface area contributed by atoms with Gasteiger partial charge in [-0.05, 0) is 18.2 Å². The number of nitrogens with two attached hydrogens (primary N) is 1. The summed E-state index contributed by atoms with van der Waals surface area (Å²) in [7, 11) is 1.64. The first-order chi connectivity index (χ1) is 9.08. The molecule has 1 heterocycles. The van der Waals surface area contributed by atoms with Crippen molar-refractivity contribution < 1.29 is 9.13 Å². The lowest BCUT2D eigenvalue weighted by Crippen LogP contribution is -2.27. The highest BCUT2D eigenvalue weighted by molar-refractivity contribution is 6.21. The van der Waals surface area contributed by atoms with Crippen molar-refractivity contribution in [2.45, 2.75) is 18.5 Å². The van der Waals surface area contributed by atoms with Crippen molar-refractivity contribution in [2.75, 3.05) is 12.1 Å². The standard InChI is InChI=1S/C13H15ClFN3O/c1-18(16)11-5-2-4-10(15)9(11)8-19-13-7-3-6-12(14)17-13/h2-5,7,12H,6,8,16H2,1H3. The Balaban J connectivity index is 2.13. The van der Waals surface area contributed by atoms with Crippen LogP contribution in [0, 0.1) is 5.82 Å². The van der Waals surface area contributed by atoms with E-state index in [1.807, 2.05) is 6.08 Å². The van der Waals surface area contributed by atoms with Crippen LogP contribution in [0.15, 0.2) is 35.3 Å². The average molecular weight is 284 g/mol. The molecule has 4 nitrogen and oxygen atoms in total. The Morgan fingerprint density at radius 2 is 2.37 bits per heavy atom. The molecule has 2 rings (SSSR count). The molecule has 0 saturated heterocycles. The number of hydrogen-bond donors (Lipinski definition) is 1. The third-order valence-corrected chi connectivity index (χ3v) is 2.97. The number of benzene rings is 1. The molecule has 1 unspecified atom stereocenters. The van der Waals surface area contributed by atoms with Gasteiger partial charge in [-0.3, -0.25) is 0 Å². The first kappa shape index (κ1) is 13.8. The summed E-state index contributed by atoms with van der Waals surface area (Å²) < 4.78 is 19.3. The molecule has 0 saturated carbocycles. The maximum atomic E-state index is 13.8. The number of alkyl halides is 1. The van der Waals surface area contributed by atoms with E-state index in [0.29, 0.717) is 23.6 Å². The lowest BCUT2D eigenvalue weighted by Gasteiger charge is -2.18. The van der Waals surface area contributed by atoms with E-state index in [4.69, 9.17) is 22.2 Å². The van der Waals surface area contributed by atoms with Gasteiger partial charge in [0.1, 0.15) is 17.9 Å². The molecule has 0 amide bonds. The maximum Gasteiger partial charge on any atom is 0.210 e. The van der Waals surface area contributed by atoms with Gasteiger partial charge in [0.2, 0.25) is 5.90 Å². The molecule has 102 valence electrons. The van der Waals surface area contributed by atoms with E-state index >= 15 is 0 Å². The fourth-order valence-electron chi connectivity index (χ4n) is 1.77. The third kappa shape index (κ3) is 3.45. The van der Waals surface area contributed by atoms with Gasteiger partial charge in [-0.2, -0.15) is 0 Å². The van der Waals surface area contributed by atoms with Gasteiger partial charge in [0.05, 0.1) is 5.69 Å². The van der Waals surface area contributed by atoms with Crippen molar-refractivity contribution in [1.82, 2.24) is 0 Å². The number of rotatable bonds is 3. The Hall–Kier alpha value is -1.59. The summed E-state index contributed by atoms with van der Waals surface area (Å²) >= 11 is 5.89. The molecule has 0 spiro atoms. The van der Waals surface area contributed by atoms with Crippen LogP contribution >= 0.6 is 11.6 Å². The highest BCUT2D eigenvalue weighted by Gasteiger charge is 2.13. The van der Waals surface area contributed by atoms with E-state index < -0.39 is 0 Å². The number of nitrogens with zero attached hydrogens (tertiary/aromatic N) is 2. The number of hydrazine groups is 1. The second-order valence-corrected chi connectivity index (χ2v) is 4.68. The van der Waals surface area contributed by atoms with E-state index in [2.05, 4.69) is 4.99 Å². The summed E-state index contributed by atoms with van der Waals surface area (Å²) in [5, 5.41) is 1.35. The van der Waals surface area contributed by atoms with E-state index in [1.54, 1.807) is 25.3 Å². The Bertz CT molecular complexity index is 517. The predicted molar refractivity (Wildman–Crippen MR) is 74.6 cm³/mol. The van der Waals surface area contributed by atoms with Gasteiger partial charge >= 0.3 is 0 Å². The monoisotopic (exact) mass is 283 g/mol. The highest BCUT2D eigenvalue weighted by atomic mass is 35.5. The van der Waals surface area contributed by atoms with Gasteiger partial charge in [0.15, 0.2) is 0 Å². The molecule has 1 atom stereocenters. The molecular formula is C13H15ClFN3O. The fourth-order valence-corrected chi connectivity index (χ4v) is 1.97. The lowest BCUT2D eigenvalue weighted by molar-refractivity contribution is 0.286. The number of ether oxygens (including phenoxy) is 1. The van der Waals surface area contributed by atoms with Gasteiger partial charge in [-0.1, -0.05) is 23.7 Å². The van der Waals surface area contributed by atoms with Gasteiger partial charge in [-0.15, -0.1) is 0 Å². The van der Waals surface area contributed by atoms with Gasteiger partial charge < -0.3 is 9.75 Å². The van der Waals surface area contributed by atoms with Crippen molar-refractivity contribution in [3.63, 3.8) is 0 Å². The van der Waals surface area contributed by atoms with Gasteiger partial charge in [0, 0.05) is 19.0 Å². The fraction of sp³-hybridized carbons (Fsp3) is 0.308. The Labute approximate surface area is 116 Å². The largest absolute Gasteiger partial charge is 0.473 e. The van der Waals surface area contributed by atoms with Gasteiger partial charge in [-0.25, -0.2) is 15.2 Å². The molecule has 0 radical (unpaired) electrons.